The van der Waals surface area contributed by atoms with E-state index in [2.05, 4.69) is 12.2 Å². The van der Waals surface area contributed by atoms with E-state index in [1.165, 1.54) is 6.42 Å². The first-order valence-electron chi connectivity index (χ1n) is 7.09. The van der Waals surface area contributed by atoms with Crippen molar-refractivity contribution in [2.75, 3.05) is 11.9 Å². The first-order chi connectivity index (χ1) is 9.44. The maximum atomic E-state index is 10.9. The lowest BCUT2D eigenvalue weighted by atomic mass is 9.76. The first-order valence-corrected chi connectivity index (χ1v) is 7.09. The van der Waals surface area contributed by atoms with E-state index in [-0.39, 0.29) is 22.8 Å². The Labute approximate surface area is 119 Å². The molecule has 2 atom stereocenters. The van der Waals surface area contributed by atoms with Gasteiger partial charge in [0.1, 0.15) is 0 Å². The Morgan fingerprint density at radius 2 is 2.25 bits per heavy atom. The van der Waals surface area contributed by atoms with E-state index in [0.717, 1.165) is 30.5 Å². The van der Waals surface area contributed by atoms with E-state index in [1.807, 2.05) is 13.0 Å². The summed E-state index contributed by atoms with van der Waals surface area (Å²) in [5.74, 6) is 0.559. The predicted octanol–water partition coefficient (Wildman–Crippen LogP) is 3.26. The van der Waals surface area contributed by atoms with Gasteiger partial charge in [-0.05, 0) is 37.3 Å². The van der Waals surface area contributed by atoms with Gasteiger partial charge in [0.15, 0.2) is 0 Å². The van der Waals surface area contributed by atoms with Gasteiger partial charge >= 0.3 is 0 Å². The highest BCUT2D eigenvalue weighted by molar-refractivity contribution is 5.55. The third-order valence-corrected chi connectivity index (χ3v) is 4.08. The third kappa shape index (κ3) is 3.28. The van der Waals surface area contributed by atoms with E-state index in [0.29, 0.717) is 5.92 Å². The molecular weight excluding hydrogens is 256 g/mol. The molecule has 1 aromatic carbocycles. The number of nitro groups is 1. The fraction of sp³-hybridized carbons (Fsp3) is 0.600. The molecule has 1 aliphatic rings. The quantitative estimate of drug-likeness (QED) is 0.654. The highest BCUT2D eigenvalue weighted by atomic mass is 16.6. The Morgan fingerprint density at radius 3 is 2.85 bits per heavy atom. The van der Waals surface area contributed by atoms with E-state index in [9.17, 15) is 15.2 Å². The van der Waals surface area contributed by atoms with Crippen LogP contribution >= 0.6 is 0 Å². The molecule has 1 aromatic rings. The van der Waals surface area contributed by atoms with Crippen LogP contribution in [0.15, 0.2) is 18.2 Å². The second-order valence-electron chi connectivity index (χ2n) is 6.08. The minimum absolute atomic E-state index is 0.0546. The molecular formula is C15H22N2O3. The van der Waals surface area contributed by atoms with Crippen LogP contribution in [0.1, 0.15) is 38.2 Å². The Bertz CT molecular complexity index is 504. The Hall–Kier alpha value is -1.62. The van der Waals surface area contributed by atoms with Crippen molar-refractivity contribution < 1.29 is 10.0 Å². The molecule has 1 fully saturated rings. The van der Waals surface area contributed by atoms with Gasteiger partial charge in [-0.3, -0.25) is 10.1 Å². The topological polar surface area (TPSA) is 75.4 Å². The molecule has 20 heavy (non-hydrogen) atoms. The van der Waals surface area contributed by atoms with Gasteiger partial charge in [-0.15, -0.1) is 0 Å². The highest BCUT2D eigenvalue weighted by Crippen LogP contribution is 2.35. The van der Waals surface area contributed by atoms with Gasteiger partial charge < -0.3 is 10.4 Å². The van der Waals surface area contributed by atoms with Crippen molar-refractivity contribution in [3.05, 3.63) is 33.9 Å². The average Bonchev–Trinajstić information content (AvgIpc) is 2.38. The zero-order chi connectivity index (χ0) is 14.8. The van der Waals surface area contributed by atoms with Crippen LogP contribution in [0.4, 0.5) is 11.4 Å². The van der Waals surface area contributed by atoms with Crippen LogP contribution in [0.25, 0.3) is 0 Å². The van der Waals surface area contributed by atoms with Crippen molar-refractivity contribution in [3.63, 3.8) is 0 Å². The van der Waals surface area contributed by atoms with Gasteiger partial charge in [-0.1, -0.05) is 19.8 Å². The van der Waals surface area contributed by atoms with Gasteiger partial charge in [0, 0.05) is 17.8 Å². The molecule has 110 valence electrons. The monoisotopic (exact) mass is 278 g/mol. The maximum Gasteiger partial charge on any atom is 0.271 e. The smallest absolute Gasteiger partial charge is 0.271 e. The zero-order valence-electron chi connectivity index (χ0n) is 12.1. The highest BCUT2D eigenvalue weighted by Gasteiger charge is 2.34. The number of nitro benzene ring substituents is 1. The fourth-order valence-corrected chi connectivity index (χ4v) is 3.20. The number of aryl methyl sites for hydroxylation is 1. The van der Waals surface area contributed by atoms with Crippen molar-refractivity contribution in [2.45, 2.75) is 45.1 Å². The number of hydrogen-bond acceptors (Lipinski definition) is 4. The lowest BCUT2D eigenvalue weighted by Gasteiger charge is -2.40. The number of anilines is 1. The van der Waals surface area contributed by atoms with Crippen molar-refractivity contribution in [3.8, 4) is 0 Å². The summed E-state index contributed by atoms with van der Waals surface area (Å²) in [5, 5.41) is 24.1. The normalized spacial score (nSPS) is 26.2. The van der Waals surface area contributed by atoms with E-state index < -0.39 is 0 Å². The summed E-state index contributed by atoms with van der Waals surface area (Å²) in [6.45, 7) is 4.08. The molecule has 0 heterocycles. The molecule has 2 N–H and O–H groups in total. The molecule has 1 aliphatic carbocycles. The lowest BCUT2D eigenvalue weighted by molar-refractivity contribution is -0.384. The number of non-ortho nitro benzene ring substituents is 1. The molecule has 1 saturated carbocycles. The van der Waals surface area contributed by atoms with Gasteiger partial charge in [0.05, 0.1) is 17.1 Å². The van der Waals surface area contributed by atoms with Crippen molar-refractivity contribution in [2.24, 2.45) is 5.92 Å². The molecule has 2 unspecified atom stereocenters. The molecule has 0 spiro atoms. The average molecular weight is 278 g/mol. The summed E-state index contributed by atoms with van der Waals surface area (Å²) in [7, 11) is 0. The van der Waals surface area contributed by atoms with E-state index in [1.54, 1.807) is 12.1 Å². The number of nitrogens with zero attached hydrogens (tertiary/aromatic N) is 1. The Morgan fingerprint density at radius 1 is 1.50 bits per heavy atom. The van der Waals surface area contributed by atoms with Crippen LogP contribution in [-0.4, -0.2) is 22.2 Å². The van der Waals surface area contributed by atoms with E-state index >= 15 is 0 Å². The molecule has 0 aliphatic heterocycles. The fourth-order valence-electron chi connectivity index (χ4n) is 3.20. The summed E-state index contributed by atoms with van der Waals surface area (Å²) in [6, 6.07) is 4.99. The largest absolute Gasteiger partial charge is 0.394 e. The van der Waals surface area contributed by atoms with Crippen LogP contribution in [0.5, 0.6) is 0 Å². The first kappa shape index (κ1) is 14.8. The minimum atomic E-state index is -0.382. The second kappa shape index (κ2) is 5.79. The number of benzene rings is 1. The second-order valence-corrected chi connectivity index (χ2v) is 6.08. The summed E-state index contributed by atoms with van der Waals surface area (Å²) in [6.07, 6.45) is 4.04. The molecule has 0 bridgehead atoms. The standard InChI is InChI=1S/C15H22N2O3/c1-11-4-3-5-15(9-11,10-18)16-13-6-12(2)7-14(8-13)17(19)20/h6-8,11,16,18H,3-5,9-10H2,1-2H3. The Balaban J connectivity index is 2.25. The van der Waals surface area contributed by atoms with Crippen LogP contribution in [-0.2, 0) is 0 Å². The van der Waals surface area contributed by atoms with Gasteiger partial charge in [0.25, 0.3) is 5.69 Å². The van der Waals surface area contributed by atoms with Gasteiger partial charge in [-0.2, -0.15) is 0 Å². The molecule has 5 heteroatoms. The van der Waals surface area contributed by atoms with Crippen LogP contribution in [0.3, 0.4) is 0 Å². The maximum absolute atomic E-state index is 10.9. The number of aliphatic hydroxyl groups is 1. The minimum Gasteiger partial charge on any atom is -0.394 e. The molecule has 0 saturated heterocycles. The van der Waals surface area contributed by atoms with E-state index in [4.69, 9.17) is 0 Å². The summed E-state index contributed by atoms with van der Waals surface area (Å²) >= 11 is 0. The van der Waals surface area contributed by atoms with Crippen molar-refractivity contribution >= 4 is 11.4 Å². The predicted molar refractivity (Wildman–Crippen MR) is 78.9 cm³/mol. The lowest BCUT2D eigenvalue weighted by Crippen LogP contribution is -2.45. The van der Waals surface area contributed by atoms with Crippen molar-refractivity contribution in [1.82, 2.24) is 0 Å². The molecule has 0 aromatic heterocycles. The number of rotatable bonds is 4. The number of hydrogen-bond donors (Lipinski definition) is 2. The molecule has 0 radical (unpaired) electrons. The van der Waals surface area contributed by atoms with Gasteiger partial charge in [0.2, 0.25) is 0 Å². The molecule has 2 rings (SSSR count). The van der Waals surface area contributed by atoms with Crippen LogP contribution in [0, 0.1) is 23.0 Å². The summed E-state index contributed by atoms with van der Waals surface area (Å²) < 4.78 is 0. The van der Waals surface area contributed by atoms with Crippen LogP contribution in [0.2, 0.25) is 0 Å². The third-order valence-electron chi connectivity index (χ3n) is 4.08. The SMILES string of the molecule is Cc1cc(NC2(CO)CCCC(C)C2)cc([N+](=O)[O-])c1. The summed E-state index contributed by atoms with van der Waals surface area (Å²) in [4.78, 5) is 10.5. The number of aliphatic hydroxyl groups excluding tert-OH is 1. The zero-order valence-corrected chi connectivity index (χ0v) is 12.1. The van der Waals surface area contributed by atoms with Gasteiger partial charge in [-0.25, -0.2) is 0 Å². The van der Waals surface area contributed by atoms with Crippen LogP contribution < -0.4 is 5.32 Å². The molecule has 0 amide bonds. The van der Waals surface area contributed by atoms with Crippen molar-refractivity contribution in [1.29, 1.82) is 0 Å². The molecule has 5 nitrogen and oxygen atoms in total. The Kier molecular flexibility index (Phi) is 4.28. The summed E-state index contributed by atoms with van der Waals surface area (Å²) in [5.41, 5.74) is 1.31. The number of nitrogens with one attached hydrogen (secondary N) is 1.